The Hall–Kier alpha value is -2.80. The first-order valence-electron chi connectivity index (χ1n) is 7.34. The van der Waals surface area contributed by atoms with Gasteiger partial charge in [0.1, 0.15) is 11.6 Å². The predicted octanol–water partition coefficient (Wildman–Crippen LogP) is 3.87. The van der Waals surface area contributed by atoms with Crippen LogP contribution >= 0.6 is 15.9 Å². The van der Waals surface area contributed by atoms with Gasteiger partial charge in [-0.2, -0.15) is 0 Å². The molecule has 5 nitrogen and oxygen atoms in total. The zero-order chi connectivity index (χ0) is 17.8. The first kappa shape index (κ1) is 17.0. The van der Waals surface area contributed by atoms with Crippen LogP contribution in [-0.2, 0) is 16.1 Å². The Kier molecular flexibility index (Phi) is 5.04. The summed E-state index contributed by atoms with van der Waals surface area (Å²) >= 11 is 3.25. The van der Waals surface area contributed by atoms with Crippen LogP contribution in [0, 0.1) is 5.82 Å². The van der Waals surface area contributed by atoms with Crippen LogP contribution in [0.4, 0.5) is 10.2 Å². The summed E-state index contributed by atoms with van der Waals surface area (Å²) in [5.41, 5.74) is 6.83. The van der Waals surface area contributed by atoms with E-state index in [2.05, 4.69) is 25.9 Å². The van der Waals surface area contributed by atoms with Crippen molar-refractivity contribution in [2.24, 2.45) is 0 Å². The number of para-hydroxylation sites is 1. The molecule has 0 saturated carbocycles. The van der Waals surface area contributed by atoms with E-state index in [0.717, 1.165) is 11.5 Å². The summed E-state index contributed by atoms with van der Waals surface area (Å²) in [5.74, 6) is -0.442. The Morgan fingerprint density at radius 2 is 2.04 bits per heavy atom. The molecule has 0 radical (unpaired) electrons. The van der Waals surface area contributed by atoms with Crippen LogP contribution < -0.4 is 5.73 Å². The van der Waals surface area contributed by atoms with Crippen molar-refractivity contribution in [1.82, 2.24) is 9.97 Å². The molecule has 1 aromatic heterocycles. The summed E-state index contributed by atoms with van der Waals surface area (Å²) in [6, 6.07) is 11.7. The number of ether oxygens (including phenoxy) is 1. The van der Waals surface area contributed by atoms with Gasteiger partial charge in [-0.15, -0.1) is 0 Å². The van der Waals surface area contributed by atoms with Gasteiger partial charge in [0.05, 0.1) is 5.52 Å². The van der Waals surface area contributed by atoms with Crippen molar-refractivity contribution in [2.45, 2.75) is 6.61 Å². The maximum Gasteiger partial charge on any atom is 0.331 e. The van der Waals surface area contributed by atoms with Crippen LogP contribution in [0.5, 0.6) is 0 Å². The molecule has 1 heterocycles. The molecule has 0 fully saturated rings. The summed E-state index contributed by atoms with van der Waals surface area (Å²) in [4.78, 5) is 20.2. The number of fused-ring (bicyclic) bond motifs is 1. The van der Waals surface area contributed by atoms with Crippen molar-refractivity contribution in [1.29, 1.82) is 0 Å². The van der Waals surface area contributed by atoms with Crippen molar-refractivity contribution in [3.05, 3.63) is 70.2 Å². The van der Waals surface area contributed by atoms with E-state index in [1.54, 1.807) is 18.2 Å². The molecule has 0 unspecified atom stereocenters. The number of halogens is 2. The van der Waals surface area contributed by atoms with Crippen LogP contribution in [0.15, 0.2) is 53.0 Å². The molecule has 25 heavy (non-hydrogen) atoms. The number of carbonyl (C=O) groups excluding carboxylic acids is 1. The molecular formula is C18H13BrFN3O2. The molecule has 3 rings (SSSR count). The molecule has 0 saturated heterocycles. The summed E-state index contributed by atoms with van der Waals surface area (Å²) in [6.45, 7) is -0.126. The van der Waals surface area contributed by atoms with Gasteiger partial charge in [-0.3, -0.25) is 0 Å². The van der Waals surface area contributed by atoms with E-state index in [0.29, 0.717) is 21.6 Å². The molecule has 126 valence electrons. The van der Waals surface area contributed by atoms with E-state index in [-0.39, 0.29) is 12.2 Å². The number of hydrogen-bond acceptors (Lipinski definition) is 5. The lowest BCUT2D eigenvalue weighted by atomic mass is 10.2. The van der Waals surface area contributed by atoms with Gasteiger partial charge < -0.3 is 10.5 Å². The molecule has 0 amide bonds. The molecule has 0 aliphatic carbocycles. The average Bonchev–Trinajstić information content (AvgIpc) is 2.61. The van der Waals surface area contributed by atoms with Crippen molar-refractivity contribution >= 4 is 44.7 Å². The third-order valence-electron chi connectivity index (χ3n) is 3.38. The van der Waals surface area contributed by atoms with Crippen LogP contribution in [-0.4, -0.2) is 15.9 Å². The third kappa shape index (κ3) is 4.19. The number of anilines is 1. The minimum atomic E-state index is -0.630. The van der Waals surface area contributed by atoms with Gasteiger partial charge >= 0.3 is 5.97 Å². The van der Waals surface area contributed by atoms with Gasteiger partial charge in [-0.25, -0.2) is 19.2 Å². The molecule has 7 heteroatoms. The van der Waals surface area contributed by atoms with Gasteiger partial charge in [0, 0.05) is 21.5 Å². The van der Waals surface area contributed by atoms with Crippen LogP contribution in [0.3, 0.4) is 0 Å². The lowest BCUT2D eigenvalue weighted by Crippen LogP contribution is -2.06. The number of aromatic nitrogens is 2. The largest absolute Gasteiger partial charge is 0.454 e. The molecule has 0 atom stereocenters. The van der Waals surface area contributed by atoms with Gasteiger partial charge in [-0.1, -0.05) is 28.1 Å². The number of carbonyl (C=O) groups is 1. The zero-order valence-corrected chi connectivity index (χ0v) is 14.5. The lowest BCUT2D eigenvalue weighted by molar-refractivity contribution is -0.139. The maximum atomic E-state index is 13.6. The van der Waals surface area contributed by atoms with Gasteiger partial charge in [0.2, 0.25) is 0 Å². The van der Waals surface area contributed by atoms with Crippen LogP contribution in [0.2, 0.25) is 0 Å². The second-order valence-electron chi connectivity index (χ2n) is 5.15. The van der Waals surface area contributed by atoms with E-state index in [1.807, 2.05) is 18.2 Å². The average molecular weight is 402 g/mol. The van der Waals surface area contributed by atoms with E-state index in [4.69, 9.17) is 10.5 Å². The van der Waals surface area contributed by atoms with Gasteiger partial charge in [0.25, 0.3) is 0 Å². The molecular weight excluding hydrogens is 389 g/mol. The monoisotopic (exact) mass is 401 g/mol. The van der Waals surface area contributed by atoms with Crippen LogP contribution in [0.1, 0.15) is 11.4 Å². The number of benzene rings is 2. The zero-order valence-electron chi connectivity index (χ0n) is 12.9. The quantitative estimate of drug-likeness (QED) is 0.530. The van der Waals surface area contributed by atoms with Gasteiger partial charge in [-0.05, 0) is 36.4 Å². The Bertz CT molecular complexity index is 976. The predicted molar refractivity (Wildman–Crippen MR) is 96.9 cm³/mol. The first-order chi connectivity index (χ1) is 12.0. The standard InChI is InChI=1S/C18H13BrFN3O2/c19-12-6-7-14(20)11(9-12)5-8-17(24)25-10-16-22-15-4-2-1-3-13(15)18(21)23-16/h1-9H,10H2,(H2,21,22,23)/b8-5-. The Morgan fingerprint density at radius 3 is 2.88 bits per heavy atom. The van der Waals surface area contributed by atoms with E-state index >= 15 is 0 Å². The number of nitrogens with two attached hydrogens (primary N) is 1. The van der Waals surface area contributed by atoms with Gasteiger partial charge in [0.15, 0.2) is 12.4 Å². The lowest BCUT2D eigenvalue weighted by Gasteiger charge is -2.05. The summed E-state index contributed by atoms with van der Waals surface area (Å²) in [5, 5.41) is 0.739. The highest BCUT2D eigenvalue weighted by Crippen LogP contribution is 2.18. The SMILES string of the molecule is Nc1nc(COC(=O)/C=C\c2cc(Br)ccc2F)nc2ccccc12. The molecule has 0 bridgehead atoms. The number of esters is 1. The number of rotatable bonds is 4. The van der Waals surface area contributed by atoms with Crippen molar-refractivity contribution in [3.8, 4) is 0 Å². The van der Waals surface area contributed by atoms with E-state index < -0.39 is 11.8 Å². The third-order valence-corrected chi connectivity index (χ3v) is 3.87. The topological polar surface area (TPSA) is 78.1 Å². The summed E-state index contributed by atoms with van der Waals surface area (Å²) < 4.78 is 19.4. The van der Waals surface area contributed by atoms with Crippen LogP contribution in [0.25, 0.3) is 17.0 Å². The number of nitrogens with zero attached hydrogens (tertiary/aromatic N) is 2. The van der Waals surface area contributed by atoms with E-state index in [1.165, 1.54) is 12.1 Å². The molecule has 2 aromatic carbocycles. The fraction of sp³-hybridized carbons (Fsp3) is 0.0556. The highest BCUT2D eigenvalue weighted by molar-refractivity contribution is 9.10. The first-order valence-corrected chi connectivity index (χ1v) is 8.13. The molecule has 2 N–H and O–H groups in total. The molecule has 3 aromatic rings. The molecule has 0 aliphatic heterocycles. The number of hydrogen-bond donors (Lipinski definition) is 1. The molecule has 0 aliphatic rings. The fourth-order valence-corrected chi connectivity index (χ4v) is 2.58. The minimum absolute atomic E-state index is 0.126. The highest BCUT2D eigenvalue weighted by atomic mass is 79.9. The Morgan fingerprint density at radius 1 is 1.24 bits per heavy atom. The normalized spacial score (nSPS) is 11.1. The second-order valence-corrected chi connectivity index (χ2v) is 6.06. The minimum Gasteiger partial charge on any atom is -0.454 e. The smallest absolute Gasteiger partial charge is 0.331 e. The second kappa shape index (κ2) is 7.40. The maximum absolute atomic E-state index is 13.6. The summed E-state index contributed by atoms with van der Waals surface area (Å²) in [6.07, 6.45) is 2.49. The highest BCUT2D eigenvalue weighted by Gasteiger charge is 2.07. The molecule has 0 spiro atoms. The summed E-state index contributed by atoms with van der Waals surface area (Å²) in [7, 11) is 0. The Labute approximate surface area is 151 Å². The van der Waals surface area contributed by atoms with Crippen molar-refractivity contribution < 1.29 is 13.9 Å². The Balaban J connectivity index is 1.68. The fourth-order valence-electron chi connectivity index (χ4n) is 2.20. The van der Waals surface area contributed by atoms with Crippen molar-refractivity contribution in [2.75, 3.05) is 5.73 Å². The van der Waals surface area contributed by atoms with Crippen molar-refractivity contribution in [3.63, 3.8) is 0 Å². The van der Waals surface area contributed by atoms with E-state index in [9.17, 15) is 9.18 Å². The number of nitrogen functional groups attached to an aromatic ring is 1.